The summed E-state index contributed by atoms with van der Waals surface area (Å²) in [5.41, 5.74) is 6.63. The van der Waals surface area contributed by atoms with Gasteiger partial charge in [0.2, 0.25) is 5.13 Å². The van der Waals surface area contributed by atoms with Crippen molar-refractivity contribution >= 4 is 33.4 Å². The Balaban J connectivity index is 1.75. The van der Waals surface area contributed by atoms with E-state index in [-0.39, 0.29) is 5.41 Å². The molecule has 6 nitrogen and oxygen atoms in total. The number of aromatic nitrogens is 1. The number of carbonyl (C=O) groups is 1. The summed E-state index contributed by atoms with van der Waals surface area (Å²) in [6.07, 6.45) is 0. The van der Waals surface area contributed by atoms with Gasteiger partial charge in [-0.3, -0.25) is 5.43 Å². The zero-order valence-corrected chi connectivity index (χ0v) is 19.5. The maximum atomic E-state index is 11.9. The van der Waals surface area contributed by atoms with E-state index in [9.17, 15) is 4.79 Å². The lowest BCUT2D eigenvalue weighted by Gasteiger charge is -2.19. The fourth-order valence-corrected chi connectivity index (χ4v) is 4.15. The quantitative estimate of drug-likeness (QED) is 0.312. The molecule has 164 valence electrons. The summed E-state index contributed by atoms with van der Waals surface area (Å²) in [5, 5.41) is 6.68. The van der Waals surface area contributed by atoms with Gasteiger partial charge in [-0.1, -0.05) is 68.5 Å². The van der Waals surface area contributed by atoms with E-state index in [2.05, 4.69) is 60.5 Å². The van der Waals surface area contributed by atoms with Gasteiger partial charge in [-0.2, -0.15) is 5.10 Å². The number of carbonyl (C=O) groups excluding carboxylic acids is 1. The van der Waals surface area contributed by atoms with Gasteiger partial charge in [0.1, 0.15) is 16.2 Å². The van der Waals surface area contributed by atoms with E-state index in [1.807, 2.05) is 30.3 Å². The highest BCUT2D eigenvalue weighted by Crippen LogP contribution is 2.27. The summed E-state index contributed by atoms with van der Waals surface area (Å²) in [6.45, 7) is 8.34. The fraction of sp³-hybridized carbons (Fsp3) is 0.240. The van der Waals surface area contributed by atoms with Crippen LogP contribution in [0.2, 0.25) is 0 Å². The molecule has 32 heavy (non-hydrogen) atoms. The second kappa shape index (κ2) is 8.59. The number of aryl methyl sites for hydroxylation is 1. The van der Waals surface area contributed by atoms with Gasteiger partial charge in [-0.25, -0.2) is 9.78 Å². The van der Waals surface area contributed by atoms with Crippen LogP contribution in [0.15, 0.2) is 64.1 Å². The van der Waals surface area contributed by atoms with Crippen LogP contribution in [0, 0.1) is 6.92 Å². The molecule has 0 aliphatic rings. The van der Waals surface area contributed by atoms with E-state index in [0.29, 0.717) is 21.1 Å². The second-order valence-electron chi connectivity index (χ2n) is 8.47. The topological polar surface area (TPSA) is 76.7 Å². The molecule has 0 aliphatic carbocycles. The first-order chi connectivity index (χ1) is 15.3. The number of methoxy groups -OCH3 is 1. The van der Waals surface area contributed by atoms with E-state index in [1.54, 1.807) is 6.92 Å². The lowest BCUT2D eigenvalue weighted by atomic mass is 9.86. The minimum Gasteiger partial charge on any atom is -0.465 e. The number of benzene rings is 2. The molecule has 2 aromatic heterocycles. The summed E-state index contributed by atoms with van der Waals surface area (Å²) < 4.78 is 11.0. The lowest BCUT2D eigenvalue weighted by Crippen LogP contribution is -2.10. The molecule has 2 aromatic carbocycles. The molecule has 0 atom stereocenters. The van der Waals surface area contributed by atoms with Crippen molar-refractivity contribution in [3.8, 4) is 11.3 Å². The van der Waals surface area contributed by atoms with Crippen LogP contribution in [0.3, 0.4) is 0 Å². The monoisotopic (exact) mass is 447 g/mol. The molecule has 0 saturated carbocycles. The molecule has 7 heteroatoms. The molecule has 0 radical (unpaired) electrons. The zero-order chi connectivity index (χ0) is 22.9. The molecule has 0 saturated heterocycles. The third-order valence-electron chi connectivity index (χ3n) is 5.13. The van der Waals surface area contributed by atoms with Crippen LogP contribution in [0.1, 0.15) is 41.7 Å². The largest absolute Gasteiger partial charge is 0.465 e. The van der Waals surface area contributed by atoms with E-state index in [4.69, 9.17) is 9.15 Å². The van der Waals surface area contributed by atoms with Crippen molar-refractivity contribution in [3.63, 3.8) is 0 Å². The van der Waals surface area contributed by atoms with Crippen molar-refractivity contribution in [2.24, 2.45) is 5.10 Å². The van der Waals surface area contributed by atoms with Gasteiger partial charge in [0.15, 0.2) is 0 Å². The third kappa shape index (κ3) is 4.43. The number of fused-ring (bicyclic) bond motifs is 1. The van der Waals surface area contributed by atoms with Crippen molar-refractivity contribution in [2.45, 2.75) is 33.1 Å². The number of rotatable bonds is 4. The SMILES string of the molecule is COC(=O)c1sc(N/N=c2\cc(-c3ccc(C(C)(C)C)cc3)oc3ccccc23)nc1C. The Morgan fingerprint density at radius 2 is 1.84 bits per heavy atom. The first-order valence-electron chi connectivity index (χ1n) is 10.3. The molecule has 0 amide bonds. The smallest absolute Gasteiger partial charge is 0.350 e. The average Bonchev–Trinajstić information content (AvgIpc) is 3.16. The number of thiazole rings is 1. The number of para-hydroxylation sites is 1. The van der Waals surface area contributed by atoms with Gasteiger partial charge in [0.25, 0.3) is 0 Å². The van der Waals surface area contributed by atoms with Gasteiger partial charge >= 0.3 is 5.97 Å². The summed E-state index contributed by atoms with van der Waals surface area (Å²) in [4.78, 5) is 16.7. The Kier molecular flexibility index (Phi) is 5.84. The highest BCUT2D eigenvalue weighted by molar-refractivity contribution is 7.17. The molecule has 0 bridgehead atoms. The molecule has 1 N–H and O–H groups in total. The van der Waals surface area contributed by atoms with Gasteiger partial charge in [0.05, 0.1) is 18.2 Å². The Bertz CT molecular complexity index is 1350. The number of nitrogens with one attached hydrogen (secondary N) is 1. The lowest BCUT2D eigenvalue weighted by molar-refractivity contribution is 0.0605. The van der Waals surface area contributed by atoms with Crippen LogP contribution in [0.4, 0.5) is 5.13 Å². The van der Waals surface area contributed by atoms with Gasteiger partial charge in [-0.05, 0) is 30.0 Å². The minimum atomic E-state index is -0.405. The molecule has 0 unspecified atom stereocenters. The Morgan fingerprint density at radius 3 is 2.53 bits per heavy atom. The summed E-state index contributed by atoms with van der Waals surface area (Å²) >= 11 is 1.21. The maximum absolute atomic E-state index is 11.9. The predicted molar refractivity (Wildman–Crippen MR) is 128 cm³/mol. The first-order valence-corrected chi connectivity index (χ1v) is 11.1. The van der Waals surface area contributed by atoms with Crippen LogP contribution >= 0.6 is 11.3 Å². The van der Waals surface area contributed by atoms with Crippen molar-refractivity contribution in [1.29, 1.82) is 0 Å². The van der Waals surface area contributed by atoms with Gasteiger partial charge in [0, 0.05) is 17.0 Å². The molecular formula is C25H25N3O3S. The molecule has 0 fully saturated rings. The van der Waals surface area contributed by atoms with E-state index >= 15 is 0 Å². The standard InChI is InChI=1S/C25H25N3O3S/c1-15-22(23(29)30-5)32-24(26-15)28-27-19-14-21(31-20-9-7-6-8-18(19)20)16-10-12-17(13-11-16)25(2,3)4/h6-14H,1-5H3,(H,26,28)/b27-19+. The Hall–Kier alpha value is -3.45. The predicted octanol–water partition coefficient (Wildman–Crippen LogP) is 5.88. The average molecular weight is 448 g/mol. The first kappa shape index (κ1) is 21.8. The van der Waals surface area contributed by atoms with Gasteiger partial charge < -0.3 is 9.15 Å². The highest BCUT2D eigenvalue weighted by atomic mass is 32.1. The Labute approximate surface area is 190 Å². The molecule has 0 spiro atoms. The zero-order valence-electron chi connectivity index (χ0n) is 18.7. The van der Waals surface area contributed by atoms with Crippen molar-refractivity contribution in [1.82, 2.24) is 4.98 Å². The molecule has 4 aromatic rings. The number of hydrogen-bond donors (Lipinski definition) is 1. The minimum absolute atomic E-state index is 0.0817. The highest BCUT2D eigenvalue weighted by Gasteiger charge is 2.16. The normalized spacial score (nSPS) is 12.2. The maximum Gasteiger partial charge on any atom is 0.350 e. The number of esters is 1. The fourth-order valence-electron chi connectivity index (χ4n) is 3.32. The van der Waals surface area contributed by atoms with Crippen molar-refractivity contribution in [2.75, 3.05) is 12.5 Å². The second-order valence-corrected chi connectivity index (χ2v) is 9.47. The van der Waals surface area contributed by atoms with Crippen LogP contribution in [-0.4, -0.2) is 18.1 Å². The molecule has 2 heterocycles. The number of hydrogen-bond acceptors (Lipinski definition) is 7. The summed E-state index contributed by atoms with van der Waals surface area (Å²) in [6, 6.07) is 18.0. The van der Waals surface area contributed by atoms with Crippen LogP contribution in [-0.2, 0) is 10.2 Å². The van der Waals surface area contributed by atoms with E-state index < -0.39 is 5.97 Å². The molecule has 0 aliphatic heterocycles. The number of nitrogens with zero attached hydrogens (tertiary/aromatic N) is 2. The van der Waals surface area contributed by atoms with Crippen LogP contribution < -0.4 is 10.8 Å². The summed E-state index contributed by atoms with van der Waals surface area (Å²) in [7, 11) is 1.36. The van der Waals surface area contributed by atoms with E-state index in [1.165, 1.54) is 24.0 Å². The summed E-state index contributed by atoms with van der Waals surface area (Å²) in [5.74, 6) is 0.313. The van der Waals surface area contributed by atoms with Gasteiger partial charge in [-0.15, -0.1) is 0 Å². The van der Waals surface area contributed by atoms with Crippen LogP contribution in [0.5, 0.6) is 0 Å². The molecule has 4 rings (SSSR count). The van der Waals surface area contributed by atoms with Crippen molar-refractivity contribution in [3.05, 3.63) is 76.1 Å². The number of ether oxygens (including phenoxy) is 1. The van der Waals surface area contributed by atoms with Crippen molar-refractivity contribution < 1.29 is 13.9 Å². The third-order valence-corrected chi connectivity index (χ3v) is 6.17. The number of anilines is 1. The molecular weight excluding hydrogens is 422 g/mol. The van der Waals surface area contributed by atoms with E-state index in [0.717, 1.165) is 22.3 Å². The van der Waals surface area contributed by atoms with Crippen LogP contribution in [0.25, 0.3) is 22.3 Å². The Morgan fingerprint density at radius 1 is 1.12 bits per heavy atom.